The molecular weight excluding hydrogens is 234 g/mol. The monoisotopic (exact) mass is 257 g/mol. The van der Waals surface area contributed by atoms with Gasteiger partial charge >= 0.3 is 0 Å². The summed E-state index contributed by atoms with van der Waals surface area (Å²) in [5, 5.41) is 0. The van der Waals surface area contributed by atoms with Crippen LogP contribution < -0.4 is 4.90 Å². The Kier molecular flexibility index (Phi) is 4.27. The maximum Gasteiger partial charge on any atom is 0.0387 e. The summed E-state index contributed by atoms with van der Waals surface area (Å²) in [6.07, 6.45) is 2.09. The maximum atomic E-state index is 2.33. The molecule has 0 aliphatic heterocycles. The number of nitrogens with zero attached hydrogens (tertiary/aromatic N) is 3. The molecule has 0 atom stereocenters. The predicted molar refractivity (Wildman–Crippen MR) is 81.4 cm³/mol. The van der Waals surface area contributed by atoms with Gasteiger partial charge in [-0.3, -0.25) is 4.90 Å². The van der Waals surface area contributed by atoms with E-state index in [1.165, 1.54) is 16.9 Å². The second kappa shape index (κ2) is 5.93. The van der Waals surface area contributed by atoms with Crippen LogP contribution in [0.15, 0.2) is 42.6 Å². The van der Waals surface area contributed by atoms with Gasteiger partial charge in [-0.25, -0.2) is 0 Å². The van der Waals surface area contributed by atoms with Crippen molar-refractivity contribution in [3.63, 3.8) is 0 Å². The summed E-state index contributed by atoms with van der Waals surface area (Å²) in [6.45, 7) is 1.94. The van der Waals surface area contributed by atoms with Gasteiger partial charge < -0.3 is 9.47 Å². The molecule has 0 saturated heterocycles. The molecule has 0 spiro atoms. The SMILES string of the molecule is CN(Cc1ccc(N(C)C)cc1)Cc1cccn1C. The van der Waals surface area contributed by atoms with Crippen LogP contribution in [-0.2, 0) is 20.1 Å². The fourth-order valence-corrected chi connectivity index (χ4v) is 2.20. The first-order chi connectivity index (χ1) is 9.06. The van der Waals surface area contributed by atoms with Gasteiger partial charge in [0, 0.05) is 51.8 Å². The molecule has 0 aliphatic rings. The first-order valence-corrected chi connectivity index (χ1v) is 6.61. The van der Waals surface area contributed by atoms with Crippen molar-refractivity contribution in [2.45, 2.75) is 13.1 Å². The van der Waals surface area contributed by atoms with Gasteiger partial charge in [-0.1, -0.05) is 12.1 Å². The molecule has 19 heavy (non-hydrogen) atoms. The molecule has 0 radical (unpaired) electrons. The summed E-state index contributed by atoms with van der Waals surface area (Å²) in [5.41, 5.74) is 3.93. The van der Waals surface area contributed by atoms with E-state index in [9.17, 15) is 0 Å². The minimum Gasteiger partial charge on any atom is -0.378 e. The lowest BCUT2D eigenvalue weighted by atomic mass is 10.2. The summed E-state index contributed by atoms with van der Waals surface area (Å²) in [5.74, 6) is 0. The summed E-state index contributed by atoms with van der Waals surface area (Å²) in [4.78, 5) is 4.46. The van der Waals surface area contributed by atoms with Crippen molar-refractivity contribution in [1.29, 1.82) is 0 Å². The van der Waals surface area contributed by atoms with Crippen LogP contribution in [0.25, 0.3) is 0 Å². The van der Waals surface area contributed by atoms with Gasteiger partial charge in [-0.15, -0.1) is 0 Å². The smallest absolute Gasteiger partial charge is 0.0387 e. The molecule has 0 saturated carbocycles. The van der Waals surface area contributed by atoms with Crippen LogP contribution in [0.4, 0.5) is 5.69 Å². The van der Waals surface area contributed by atoms with E-state index in [-0.39, 0.29) is 0 Å². The van der Waals surface area contributed by atoms with E-state index in [4.69, 9.17) is 0 Å². The zero-order valence-corrected chi connectivity index (χ0v) is 12.3. The minimum atomic E-state index is 0.971. The minimum absolute atomic E-state index is 0.971. The number of anilines is 1. The van der Waals surface area contributed by atoms with E-state index in [2.05, 4.69) is 85.2 Å². The van der Waals surface area contributed by atoms with Crippen molar-refractivity contribution < 1.29 is 0 Å². The largest absolute Gasteiger partial charge is 0.378 e. The number of benzene rings is 1. The van der Waals surface area contributed by atoms with Gasteiger partial charge in [-0.2, -0.15) is 0 Å². The lowest BCUT2D eigenvalue weighted by Crippen LogP contribution is -2.18. The zero-order chi connectivity index (χ0) is 13.8. The highest BCUT2D eigenvalue weighted by Crippen LogP contribution is 2.14. The molecule has 2 rings (SSSR count). The molecule has 0 N–H and O–H groups in total. The van der Waals surface area contributed by atoms with Crippen LogP contribution in [0.1, 0.15) is 11.3 Å². The molecular formula is C16H23N3. The average molecular weight is 257 g/mol. The Morgan fingerprint density at radius 2 is 1.63 bits per heavy atom. The first kappa shape index (κ1) is 13.7. The maximum absolute atomic E-state index is 2.33. The predicted octanol–water partition coefficient (Wildman–Crippen LogP) is 2.72. The van der Waals surface area contributed by atoms with E-state index in [1.807, 2.05) is 0 Å². The molecule has 0 aliphatic carbocycles. The van der Waals surface area contributed by atoms with Crippen molar-refractivity contribution in [1.82, 2.24) is 9.47 Å². The van der Waals surface area contributed by atoms with Crippen LogP contribution >= 0.6 is 0 Å². The summed E-state index contributed by atoms with van der Waals surface area (Å²) < 4.78 is 2.17. The van der Waals surface area contributed by atoms with Gasteiger partial charge in [-0.05, 0) is 36.9 Å². The Morgan fingerprint density at radius 3 is 2.16 bits per heavy atom. The second-order valence-electron chi connectivity index (χ2n) is 5.34. The van der Waals surface area contributed by atoms with Crippen molar-refractivity contribution >= 4 is 5.69 Å². The quantitative estimate of drug-likeness (QED) is 0.816. The highest BCUT2D eigenvalue weighted by molar-refractivity contribution is 5.45. The van der Waals surface area contributed by atoms with E-state index in [1.54, 1.807) is 0 Å². The molecule has 3 heteroatoms. The lowest BCUT2D eigenvalue weighted by Gasteiger charge is -2.18. The van der Waals surface area contributed by atoms with E-state index in [0.29, 0.717) is 0 Å². The van der Waals surface area contributed by atoms with Crippen LogP contribution in [0.2, 0.25) is 0 Å². The van der Waals surface area contributed by atoms with Crippen molar-refractivity contribution in [2.24, 2.45) is 7.05 Å². The fraction of sp³-hybridized carbons (Fsp3) is 0.375. The van der Waals surface area contributed by atoms with Crippen LogP contribution in [0.5, 0.6) is 0 Å². The Morgan fingerprint density at radius 1 is 0.947 bits per heavy atom. The Labute approximate surface area is 116 Å². The number of hydrogen-bond donors (Lipinski definition) is 0. The average Bonchev–Trinajstić information content (AvgIpc) is 2.75. The molecule has 0 amide bonds. The third-order valence-corrected chi connectivity index (χ3v) is 3.39. The fourth-order valence-electron chi connectivity index (χ4n) is 2.20. The first-order valence-electron chi connectivity index (χ1n) is 6.61. The Balaban J connectivity index is 1.95. The molecule has 3 nitrogen and oxygen atoms in total. The summed E-state index contributed by atoms with van der Waals surface area (Å²) in [7, 11) is 8.38. The Hall–Kier alpha value is -1.74. The molecule has 1 aromatic heterocycles. The zero-order valence-electron chi connectivity index (χ0n) is 12.3. The number of aryl methyl sites for hydroxylation is 1. The van der Waals surface area contributed by atoms with Crippen molar-refractivity contribution in [3.05, 3.63) is 53.9 Å². The number of rotatable bonds is 5. The third kappa shape index (κ3) is 3.61. The van der Waals surface area contributed by atoms with Crippen molar-refractivity contribution in [3.8, 4) is 0 Å². The van der Waals surface area contributed by atoms with Gasteiger partial charge in [0.25, 0.3) is 0 Å². The molecule has 0 unspecified atom stereocenters. The van der Waals surface area contributed by atoms with Gasteiger partial charge in [0.2, 0.25) is 0 Å². The molecule has 1 heterocycles. The van der Waals surface area contributed by atoms with E-state index in [0.717, 1.165) is 13.1 Å². The van der Waals surface area contributed by atoms with Crippen LogP contribution in [0, 0.1) is 0 Å². The number of aromatic nitrogens is 1. The molecule has 1 aromatic carbocycles. The molecule has 0 fully saturated rings. The molecule has 2 aromatic rings. The molecule has 102 valence electrons. The highest BCUT2D eigenvalue weighted by atomic mass is 15.1. The third-order valence-electron chi connectivity index (χ3n) is 3.39. The normalized spacial score (nSPS) is 11.0. The topological polar surface area (TPSA) is 11.4 Å². The van der Waals surface area contributed by atoms with Gasteiger partial charge in [0.05, 0.1) is 0 Å². The number of hydrogen-bond acceptors (Lipinski definition) is 2. The van der Waals surface area contributed by atoms with Gasteiger partial charge in [0.15, 0.2) is 0 Å². The summed E-state index contributed by atoms with van der Waals surface area (Å²) in [6, 6.07) is 13.0. The van der Waals surface area contributed by atoms with E-state index >= 15 is 0 Å². The van der Waals surface area contributed by atoms with Crippen LogP contribution in [-0.4, -0.2) is 30.6 Å². The van der Waals surface area contributed by atoms with Gasteiger partial charge in [0.1, 0.15) is 0 Å². The second-order valence-corrected chi connectivity index (χ2v) is 5.34. The lowest BCUT2D eigenvalue weighted by molar-refractivity contribution is 0.311. The van der Waals surface area contributed by atoms with Crippen molar-refractivity contribution in [2.75, 3.05) is 26.0 Å². The molecule has 0 bridgehead atoms. The highest BCUT2D eigenvalue weighted by Gasteiger charge is 2.04. The van der Waals surface area contributed by atoms with E-state index < -0.39 is 0 Å². The summed E-state index contributed by atoms with van der Waals surface area (Å²) >= 11 is 0. The standard InChI is InChI=1S/C16H23N3/c1-17(2)15-9-7-14(8-10-15)12-18(3)13-16-6-5-11-19(16)4/h5-11H,12-13H2,1-4H3. The Bertz CT molecular complexity index is 511. The van der Waals surface area contributed by atoms with Crippen LogP contribution in [0.3, 0.4) is 0 Å².